The van der Waals surface area contributed by atoms with E-state index in [4.69, 9.17) is 22.1 Å². The Balaban J connectivity index is 3.49. The first-order valence-electron chi connectivity index (χ1n) is 6.34. The van der Waals surface area contributed by atoms with Gasteiger partial charge in [0, 0.05) is 30.2 Å². The number of methoxy groups -OCH3 is 1. The molecular weight excluding hydrogens is 300 g/mol. The lowest BCUT2D eigenvalue weighted by Crippen LogP contribution is -2.35. The van der Waals surface area contributed by atoms with Crippen LogP contribution in [0.1, 0.15) is 25.8 Å². The SMILES string of the molecule is CCC(C)N(C)S(=O)(=O)c1cc(Cl)cc(CN)c1OC. The highest BCUT2D eigenvalue weighted by molar-refractivity contribution is 7.89. The second kappa shape index (κ2) is 6.76. The van der Waals surface area contributed by atoms with E-state index in [0.29, 0.717) is 17.0 Å². The number of rotatable bonds is 6. The molecule has 0 heterocycles. The van der Waals surface area contributed by atoms with Crippen LogP contribution in [0.2, 0.25) is 5.02 Å². The van der Waals surface area contributed by atoms with Crippen LogP contribution in [0, 0.1) is 0 Å². The maximum Gasteiger partial charge on any atom is 0.246 e. The van der Waals surface area contributed by atoms with E-state index in [2.05, 4.69) is 0 Å². The minimum Gasteiger partial charge on any atom is -0.495 e. The molecule has 1 aromatic rings. The van der Waals surface area contributed by atoms with Crippen LogP contribution in [0.3, 0.4) is 0 Å². The topological polar surface area (TPSA) is 72.6 Å². The van der Waals surface area contributed by atoms with E-state index in [9.17, 15) is 8.42 Å². The summed E-state index contributed by atoms with van der Waals surface area (Å²) in [7, 11) is -0.711. The van der Waals surface area contributed by atoms with E-state index in [1.165, 1.54) is 17.5 Å². The van der Waals surface area contributed by atoms with Crippen LogP contribution in [0.25, 0.3) is 0 Å². The van der Waals surface area contributed by atoms with Gasteiger partial charge in [0.05, 0.1) is 7.11 Å². The second-order valence-electron chi connectivity index (χ2n) is 4.58. The summed E-state index contributed by atoms with van der Waals surface area (Å²) in [6.07, 6.45) is 0.711. The molecule has 0 saturated heterocycles. The van der Waals surface area contributed by atoms with Gasteiger partial charge in [-0.05, 0) is 25.5 Å². The van der Waals surface area contributed by atoms with Gasteiger partial charge in [0.2, 0.25) is 10.0 Å². The maximum absolute atomic E-state index is 12.7. The van der Waals surface area contributed by atoms with Crippen LogP contribution >= 0.6 is 11.6 Å². The zero-order valence-electron chi connectivity index (χ0n) is 12.2. The van der Waals surface area contributed by atoms with Crippen molar-refractivity contribution in [2.24, 2.45) is 5.73 Å². The van der Waals surface area contributed by atoms with Crippen molar-refractivity contribution in [3.63, 3.8) is 0 Å². The predicted molar refractivity (Wildman–Crippen MR) is 80.6 cm³/mol. The summed E-state index contributed by atoms with van der Waals surface area (Å²) in [5, 5.41) is 0.322. The highest BCUT2D eigenvalue weighted by Crippen LogP contribution is 2.33. The van der Waals surface area contributed by atoms with Crippen LogP contribution in [0.4, 0.5) is 0 Å². The summed E-state index contributed by atoms with van der Waals surface area (Å²) in [6.45, 7) is 3.93. The number of nitrogens with zero attached hydrogens (tertiary/aromatic N) is 1. The fourth-order valence-corrected chi connectivity index (χ4v) is 3.81. The van der Waals surface area contributed by atoms with E-state index in [1.807, 2.05) is 13.8 Å². The molecule has 20 heavy (non-hydrogen) atoms. The van der Waals surface area contributed by atoms with Crippen molar-refractivity contribution in [3.8, 4) is 5.75 Å². The number of benzene rings is 1. The van der Waals surface area contributed by atoms with Gasteiger partial charge in [-0.3, -0.25) is 0 Å². The van der Waals surface area contributed by atoms with Crippen molar-refractivity contribution in [2.45, 2.75) is 37.8 Å². The molecule has 0 amide bonds. The molecule has 0 aliphatic carbocycles. The number of hydrogen-bond acceptors (Lipinski definition) is 4. The van der Waals surface area contributed by atoms with E-state index in [1.54, 1.807) is 13.1 Å². The van der Waals surface area contributed by atoms with Gasteiger partial charge in [-0.15, -0.1) is 0 Å². The summed E-state index contributed by atoms with van der Waals surface area (Å²) in [6, 6.07) is 2.89. The summed E-state index contributed by atoms with van der Waals surface area (Å²) in [4.78, 5) is 0.0516. The van der Waals surface area contributed by atoms with Crippen molar-refractivity contribution in [1.82, 2.24) is 4.31 Å². The molecule has 1 unspecified atom stereocenters. The maximum atomic E-state index is 12.7. The van der Waals surface area contributed by atoms with Crippen LogP contribution in [0.15, 0.2) is 17.0 Å². The first kappa shape index (κ1) is 17.2. The Bertz CT molecular complexity index is 575. The molecule has 5 nitrogen and oxygen atoms in total. The number of ether oxygens (including phenoxy) is 1. The lowest BCUT2D eigenvalue weighted by atomic mass is 10.2. The molecule has 0 fully saturated rings. The fourth-order valence-electron chi connectivity index (χ4n) is 1.85. The first-order valence-corrected chi connectivity index (χ1v) is 8.15. The molecule has 1 atom stereocenters. The molecular formula is C13H21ClN2O3S. The van der Waals surface area contributed by atoms with Gasteiger partial charge in [0.25, 0.3) is 0 Å². The summed E-state index contributed by atoms with van der Waals surface area (Å²) < 4.78 is 31.9. The molecule has 7 heteroatoms. The van der Waals surface area contributed by atoms with Gasteiger partial charge in [0.1, 0.15) is 10.6 Å². The summed E-state index contributed by atoms with van der Waals surface area (Å²) in [5.41, 5.74) is 6.19. The summed E-state index contributed by atoms with van der Waals surface area (Å²) in [5.74, 6) is 0.257. The van der Waals surface area contributed by atoms with Crippen molar-refractivity contribution in [1.29, 1.82) is 0 Å². The molecule has 0 spiro atoms. The smallest absolute Gasteiger partial charge is 0.246 e. The van der Waals surface area contributed by atoms with Crippen molar-refractivity contribution >= 4 is 21.6 Å². The Hall–Kier alpha value is -0.820. The molecule has 0 saturated carbocycles. The quantitative estimate of drug-likeness (QED) is 0.872. The lowest BCUT2D eigenvalue weighted by Gasteiger charge is -2.25. The van der Waals surface area contributed by atoms with E-state index in [0.717, 1.165) is 0 Å². The van der Waals surface area contributed by atoms with Gasteiger partial charge >= 0.3 is 0 Å². The summed E-state index contributed by atoms with van der Waals surface area (Å²) >= 11 is 5.99. The minimum atomic E-state index is -3.68. The largest absolute Gasteiger partial charge is 0.495 e. The van der Waals surface area contributed by atoms with Gasteiger partial charge in [-0.2, -0.15) is 4.31 Å². The highest BCUT2D eigenvalue weighted by atomic mass is 35.5. The Morgan fingerprint density at radius 1 is 1.45 bits per heavy atom. The molecule has 0 aliphatic heterocycles. The van der Waals surface area contributed by atoms with Crippen LogP contribution in [-0.2, 0) is 16.6 Å². The Kier molecular flexibility index (Phi) is 5.82. The molecule has 1 rings (SSSR count). The zero-order valence-corrected chi connectivity index (χ0v) is 13.8. The van der Waals surface area contributed by atoms with Crippen LogP contribution in [0.5, 0.6) is 5.75 Å². The van der Waals surface area contributed by atoms with Crippen molar-refractivity contribution < 1.29 is 13.2 Å². The second-order valence-corrected chi connectivity index (χ2v) is 6.98. The highest BCUT2D eigenvalue weighted by Gasteiger charge is 2.29. The van der Waals surface area contributed by atoms with E-state index < -0.39 is 10.0 Å². The molecule has 0 radical (unpaired) electrons. The van der Waals surface area contributed by atoms with Crippen LogP contribution < -0.4 is 10.5 Å². The van der Waals surface area contributed by atoms with Gasteiger partial charge in [0.15, 0.2) is 0 Å². The molecule has 2 N–H and O–H groups in total. The Morgan fingerprint density at radius 3 is 2.50 bits per heavy atom. The lowest BCUT2D eigenvalue weighted by molar-refractivity contribution is 0.369. The number of halogens is 1. The van der Waals surface area contributed by atoms with Crippen LogP contribution in [-0.4, -0.2) is 32.9 Å². The third-order valence-electron chi connectivity index (χ3n) is 3.39. The Labute approximate surface area is 125 Å². The molecule has 0 bridgehead atoms. The molecule has 0 aromatic heterocycles. The van der Waals surface area contributed by atoms with Crippen molar-refractivity contribution in [2.75, 3.05) is 14.2 Å². The number of nitrogens with two attached hydrogens (primary N) is 1. The number of hydrogen-bond donors (Lipinski definition) is 1. The number of sulfonamides is 1. The minimum absolute atomic E-state index is 0.0516. The third kappa shape index (κ3) is 3.25. The normalized spacial score (nSPS) is 13.6. The zero-order chi connectivity index (χ0) is 15.5. The van der Waals surface area contributed by atoms with Gasteiger partial charge in [-0.25, -0.2) is 8.42 Å². The van der Waals surface area contributed by atoms with E-state index >= 15 is 0 Å². The molecule has 0 aliphatic rings. The molecule has 114 valence electrons. The third-order valence-corrected chi connectivity index (χ3v) is 5.58. The molecule has 1 aromatic carbocycles. The fraction of sp³-hybridized carbons (Fsp3) is 0.538. The standard InChI is InChI=1S/C13H21ClN2O3S/c1-5-9(2)16(3)20(17,18)12-7-11(14)6-10(8-15)13(12)19-4/h6-7,9H,5,8,15H2,1-4H3. The predicted octanol–water partition coefficient (Wildman–Crippen LogP) is 2.23. The van der Waals surface area contributed by atoms with Gasteiger partial charge < -0.3 is 10.5 Å². The monoisotopic (exact) mass is 320 g/mol. The first-order chi connectivity index (χ1) is 9.29. The van der Waals surface area contributed by atoms with Crippen molar-refractivity contribution in [3.05, 3.63) is 22.7 Å². The Morgan fingerprint density at radius 2 is 2.05 bits per heavy atom. The van der Waals surface area contributed by atoms with E-state index in [-0.39, 0.29) is 23.2 Å². The van der Waals surface area contributed by atoms with Gasteiger partial charge in [-0.1, -0.05) is 18.5 Å². The average molecular weight is 321 g/mol. The average Bonchev–Trinajstić information content (AvgIpc) is 2.44.